The van der Waals surface area contributed by atoms with E-state index in [4.69, 9.17) is 0 Å². The van der Waals surface area contributed by atoms with Crippen LogP contribution in [-0.4, -0.2) is 32.7 Å². The number of fused-ring (bicyclic) bond motifs is 2. The minimum atomic E-state index is -4.39. The zero-order chi connectivity index (χ0) is 21.5. The summed E-state index contributed by atoms with van der Waals surface area (Å²) in [4.78, 5) is 27.5. The maximum absolute atomic E-state index is 12.5. The first-order chi connectivity index (χ1) is 14.2. The molecule has 2 heterocycles. The van der Waals surface area contributed by atoms with E-state index in [1.807, 2.05) is 42.5 Å². The van der Waals surface area contributed by atoms with Crippen LogP contribution in [0.25, 0.3) is 27.5 Å². The van der Waals surface area contributed by atoms with Gasteiger partial charge in [-0.15, -0.1) is 0 Å². The molecule has 30 heavy (non-hydrogen) atoms. The first-order valence-corrected chi connectivity index (χ1v) is 9.19. The molecule has 0 spiro atoms. The highest BCUT2D eigenvalue weighted by Gasteiger charge is 2.31. The molecule has 1 atom stereocenters. The number of carbonyl (C=O) groups excluding carboxylic acids is 1. The van der Waals surface area contributed by atoms with Crippen molar-refractivity contribution in [3.05, 3.63) is 70.8 Å². The Morgan fingerprint density at radius 1 is 1.17 bits per heavy atom. The number of hydrogen-bond acceptors (Lipinski definition) is 3. The second kappa shape index (κ2) is 7.33. The number of carbonyl (C=O) groups is 1. The number of benzene rings is 2. The number of halogens is 3. The number of H-pyrrole nitrogens is 1. The molecule has 1 amide bonds. The lowest BCUT2D eigenvalue weighted by atomic mass is 10.1. The monoisotopic (exact) mass is 414 g/mol. The Balaban J connectivity index is 1.65. The molecular formula is C21H17F3N4O2. The zero-order valence-corrected chi connectivity index (χ0v) is 15.8. The molecule has 0 aliphatic heterocycles. The van der Waals surface area contributed by atoms with Gasteiger partial charge in [0.15, 0.2) is 5.69 Å². The van der Waals surface area contributed by atoms with Crippen LogP contribution in [0.5, 0.6) is 0 Å². The highest BCUT2D eigenvalue weighted by molar-refractivity contribution is 5.93. The van der Waals surface area contributed by atoms with Crippen LogP contribution in [0, 0.1) is 0 Å². The molecule has 0 saturated carbocycles. The maximum Gasteiger partial charge on any atom is 0.391 e. The summed E-state index contributed by atoms with van der Waals surface area (Å²) in [5.41, 5.74) is 0.778. The Labute approximate surface area is 168 Å². The third-order valence-corrected chi connectivity index (χ3v) is 4.68. The summed E-state index contributed by atoms with van der Waals surface area (Å²) in [5.74, 6) is -0.776. The summed E-state index contributed by atoms with van der Waals surface area (Å²) in [6.45, 7) is 1.26. The molecule has 2 aromatic carbocycles. The molecule has 0 radical (unpaired) electrons. The Kier molecular flexibility index (Phi) is 4.81. The van der Waals surface area contributed by atoms with Crippen LogP contribution in [0.4, 0.5) is 13.2 Å². The molecule has 154 valence electrons. The van der Waals surface area contributed by atoms with Crippen LogP contribution in [0.3, 0.4) is 0 Å². The van der Waals surface area contributed by atoms with Crippen molar-refractivity contribution in [3.63, 3.8) is 0 Å². The molecule has 4 rings (SSSR count). The number of nitrogens with zero attached hydrogens (tertiary/aromatic N) is 2. The van der Waals surface area contributed by atoms with E-state index >= 15 is 0 Å². The average molecular weight is 414 g/mol. The molecule has 0 aliphatic carbocycles. The third-order valence-electron chi connectivity index (χ3n) is 4.68. The lowest BCUT2D eigenvalue weighted by Crippen LogP contribution is -2.36. The van der Waals surface area contributed by atoms with Gasteiger partial charge in [0.2, 0.25) is 0 Å². The predicted octanol–water partition coefficient (Wildman–Crippen LogP) is 3.91. The summed E-state index contributed by atoms with van der Waals surface area (Å²) >= 11 is 0. The standard InChI is InChI=1S/C21H17F3N4O2/c1-12(10-21(22,23)24)25-19(29)16-9-18-20(30)26-17(11-28(18)27-16)15-7-6-13-4-2-3-5-14(13)8-15/h2-9,11-12H,10H2,1H3,(H,25,29)(H,26,30). The number of nitrogens with one attached hydrogen (secondary N) is 2. The Morgan fingerprint density at radius 3 is 2.63 bits per heavy atom. The van der Waals surface area contributed by atoms with Crippen LogP contribution >= 0.6 is 0 Å². The average Bonchev–Trinajstić information content (AvgIpc) is 3.11. The zero-order valence-electron chi connectivity index (χ0n) is 15.8. The molecule has 6 nitrogen and oxygen atoms in total. The van der Waals surface area contributed by atoms with Gasteiger partial charge in [0.05, 0.1) is 18.3 Å². The van der Waals surface area contributed by atoms with Gasteiger partial charge in [0.1, 0.15) is 5.52 Å². The van der Waals surface area contributed by atoms with Crippen molar-refractivity contribution >= 4 is 22.2 Å². The fourth-order valence-corrected chi connectivity index (χ4v) is 3.31. The van der Waals surface area contributed by atoms with Gasteiger partial charge in [-0.1, -0.05) is 36.4 Å². The second-order valence-electron chi connectivity index (χ2n) is 7.11. The summed E-state index contributed by atoms with van der Waals surface area (Å²) < 4.78 is 38.7. The predicted molar refractivity (Wildman–Crippen MR) is 106 cm³/mol. The molecule has 0 saturated heterocycles. The fourth-order valence-electron chi connectivity index (χ4n) is 3.31. The largest absolute Gasteiger partial charge is 0.391 e. The molecule has 0 fully saturated rings. The second-order valence-corrected chi connectivity index (χ2v) is 7.11. The highest BCUT2D eigenvalue weighted by Crippen LogP contribution is 2.23. The number of amides is 1. The van der Waals surface area contributed by atoms with Gasteiger partial charge in [-0.25, -0.2) is 4.52 Å². The molecule has 1 unspecified atom stereocenters. The number of aromatic nitrogens is 3. The van der Waals surface area contributed by atoms with E-state index in [1.165, 1.54) is 17.5 Å². The summed E-state index contributed by atoms with van der Waals surface area (Å²) in [7, 11) is 0. The minimum Gasteiger partial charge on any atom is -0.348 e. The minimum absolute atomic E-state index is 0.119. The Morgan fingerprint density at radius 2 is 1.90 bits per heavy atom. The Hall–Kier alpha value is -3.62. The van der Waals surface area contributed by atoms with Crippen molar-refractivity contribution in [3.8, 4) is 11.3 Å². The van der Waals surface area contributed by atoms with Gasteiger partial charge < -0.3 is 10.3 Å². The quantitative estimate of drug-likeness (QED) is 0.531. The normalized spacial score (nSPS) is 12.9. The van der Waals surface area contributed by atoms with E-state index in [1.54, 1.807) is 6.20 Å². The topological polar surface area (TPSA) is 79.3 Å². The lowest BCUT2D eigenvalue weighted by molar-refractivity contribution is -0.138. The number of rotatable bonds is 4. The highest BCUT2D eigenvalue weighted by atomic mass is 19.4. The smallest absolute Gasteiger partial charge is 0.348 e. The van der Waals surface area contributed by atoms with Gasteiger partial charge in [0.25, 0.3) is 11.5 Å². The molecule has 2 aromatic heterocycles. The van der Waals surface area contributed by atoms with Crippen LogP contribution < -0.4 is 10.9 Å². The van der Waals surface area contributed by atoms with E-state index in [2.05, 4.69) is 15.4 Å². The first kappa shape index (κ1) is 19.7. The Bertz CT molecular complexity index is 1310. The van der Waals surface area contributed by atoms with E-state index in [0.717, 1.165) is 16.3 Å². The SMILES string of the molecule is CC(CC(F)(F)F)NC(=O)c1cc2c(=O)[nH]c(-c3ccc4ccccc4c3)cn2n1. The molecule has 9 heteroatoms. The van der Waals surface area contributed by atoms with Crippen molar-refractivity contribution in [2.75, 3.05) is 0 Å². The summed E-state index contributed by atoms with van der Waals surface area (Å²) in [6, 6.07) is 13.6. The van der Waals surface area contributed by atoms with Crippen LogP contribution in [0.1, 0.15) is 23.8 Å². The summed E-state index contributed by atoms with van der Waals surface area (Å²) in [6.07, 6.45) is -3.98. The van der Waals surface area contributed by atoms with Gasteiger partial charge in [-0.05, 0) is 23.8 Å². The molecular weight excluding hydrogens is 397 g/mol. The molecule has 0 aliphatic rings. The van der Waals surface area contributed by atoms with E-state index < -0.39 is 30.1 Å². The van der Waals surface area contributed by atoms with Gasteiger partial charge in [-0.2, -0.15) is 18.3 Å². The first-order valence-electron chi connectivity index (χ1n) is 9.19. The van der Waals surface area contributed by atoms with Crippen molar-refractivity contribution in [1.29, 1.82) is 0 Å². The number of hydrogen-bond donors (Lipinski definition) is 2. The van der Waals surface area contributed by atoms with Crippen molar-refractivity contribution < 1.29 is 18.0 Å². The van der Waals surface area contributed by atoms with Crippen molar-refractivity contribution in [2.24, 2.45) is 0 Å². The van der Waals surface area contributed by atoms with E-state index in [-0.39, 0.29) is 11.2 Å². The molecule has 0 bridgehead atoms. The molecule has 4 aromatic rings. The lowest BCUT2D eigenvalue weighted by Gasteiger charge is -2.14. The van der Waals surface area contributed by atoms with Gasteiger partial charge in [0, 0.05) is 17.7 Å². The van der Waals surface area contributed by atoms with Crippen LogP contribution in [0.2, 0.25) is 0 Å². The van der Waals surface area contributed by atoms with Gasteiger partial charge in [-0.3, -0.25) is 9.59 Å². The van der Waals surface area contributed by atoms with Crippen molar-refractivity contribution in [2.45, 2.75) is 25.6 Å². The maximum atomic E-state index is 12.5. The third kappa shape index (κ3) is 4.05. The van der Waals surface area contributed by atoms with E-state index in [0.29, 0.717) is 5.69 Å². The number of aromatic amines is 1. The van der Waals surface area contributed by atoms with Crippen LogP contribution in [0.15, 0.2) is 59.5 Å². The van der Waals surface area contributed by atoms with Crippen LogP contribution in [-0.2, 0) is 0 Å². The number of alkyl halides is 3. The van der Waals surface area contributed by atoms with Crippen molar-refractivity contribution in [1.82, 2.24) is 19.9 Å². The summed E-state index contributed by atoms with van der Waals surface area (Å²) in [5, 5.41) is 8.37. The molecule has 2 N–H and O–H groups in total. The fraction of sp³-hybridized carbons (Fsp3) is 0.190. The van der Waals surface area contributed by atoms with Gasteiger partial charge >= 0.3 is 6.18 Å². The van der Waals surface area contributed by atoms with E-state index in [9.17, 15) is 22.8 Å².